The molecule has 0 saturated carbocycles. The summed E-state index contributed by atoms with van der Waals surface area (Å²) < 4.78 is 38.3. The van der Waals surface area contributed by atoms with Gasteiger partial charge in [-0.1, -0.05) is 24.3 Å². The Morgan fingerprint density at radius 3 is 2.59 bits per heavy atom. The lowest BCUT2D eigenvalue weighted by Gasteiger charge is -2.44. The van der Waals surface area contributed by atoms with E-state index in [9.17, 15) is 13.5 Å². The zero-order valence-corrected chi connectivity index (χ0v) is 17.4. The Kier molecular flexibility index (Phi) is 5.52. The summed E-state index contributed by atoms with van der Waals surface area (Å²) in [6.07, 6.45) is 0.199. The van der Waals surface area contributed by atoms with Gasteiger partial charge in [0.25, 0.3) is 0 Å². The largest absolute Gasteiger partial charge is 0.497 e. The maximum atomic E-state index is 13.0. The van der Waals surface area contributed by atoms with Gasteiger partial charge in [0.1, 0.15) is 5.75 Å². The smallest absolute Gasteiger partial charge is 0.243 e. The molecule has 1 unspecified atom stereocenters. The highest BCUT2D eigenvalue weighted by molar-refractivity contribution is 7.89. The lowest BCUT2D eigenvalue weighted by Crippen LogP contribution is -2.53. The van der Waals surface area contributed by atoms with E-state index in [1.807, 2.05) is 30.0 Å². The van der Waals surface area contributed by atoms with Gasteiger partial charge in [0.15, 0.2) is 0 Å². The number of benzene rings is 2. The summed E-state index contributed by atoms with van der Waals surface area (Å²) in [7, 11) is -2.07. The van der Waals surface area contributed by atoms with Gasteiger partial charge in [0.05, 0.1) is 18.6 Å². The number of piperidine rings is 1. The predicted molar refractivity (Wildman–Crippen MR) is 109 cm³/mol. The third kappa shape index (κ3) is 3.73. The molecule has 4 rings (SSSR count). The average Bonchev–Trinajstić information content (AvgIpc) is 2.74. The van der Waals surface area contributed by atoms with Crippen LogP contribution >= 0.6 is 0 Å². The molecule has 1 saturated heterocycles. The van der Waals surface area contributed by atoms with Crippen molar-refractivity contribution in [1.29, 1.82) is 0 Å². The summed E-state index contributed by atoms with van der Waals surface area (Å²) in [4.78, 5) is 2.14. The number of anilines is 1. The minimum atomic E-state index is -3.59. The Hall–Kier alpha value is -2.13. The fourth-order valence-corrected chi connectivity index (χ4v) is 5.70. The molecule has 29 heavy (non-hydrogen) atoms. The first-order valence-electron chi connectivity index (χ1n) is 9.72. The van der Waals surface area contributed by atoms with E-state index in [1.165, 1.54) is 11.4 Å². The maximum Gasteiger partial charge on any atom is 0.243 e. The third-order valence-corrected chi connectivity index (χ3v) is 7.60. The number of sulfonamides is 1. The van der Waals surface area contributed by atoms with Crippen LogP contribution in [0.1, 0.15) is 24.0 Å². The first kappa shape index (κ1) is 20.2. The Balaban J connectivity index is 1.53. The fraction of sp³-hybridized carbons (Fsp3) is 0.429. The predicted octanol–water partition coefficient (Wildman–Crippen LogP) is 2.47. The van der Waals surface area contributed by atoms with Crippen molar-refractivity contribution in [2.45, 2.75) is 43.7 Å². The van der Waals surface area contributed by atoms with Gasteiger partial charge < -0.3 is 19.5 Å². The first-order chi connectivity index (χ1) is 13.9. The van der Waals surface area contributed by atoms with E-state index in [1.54, 1.807) is 24.3 Å². The van der Waals surface area contributed by atoms with Gasteiger partial charge in [-0.05, 0) is 37.5 Å². The van der Waals surface area contributed by atoms with Gasteiger partial charge in [0.2, 0.25) is 16.4 Å². The second-order valence-corrected chi connectivity index (χ2v) is 9.38. The molecule has 0 aromatic heterocycles. The number of para-hydroxylation sites is 1. The maximum absolute atomic E-state index is 13.0. The van der Waals surface area contributed by atoms with E-state index in [2.05, 4.69) is 0 Å². The number of rotatable bonds is 4. The summed E-state index contributed by atoms with van der Waals surface area (Å²) in [5.41, 5.74) is 3.12. The quantitative estimate of drug-likeness (QED) is 0.822. The number of ether oxygens (including phenoxy) is 2. The van der Waals surface area contributed by atoms with Gasteiger partial charge in [-0.25, -0.2) is 8.42 Å². The summed E-state index contributed by atoms with van der Waals surface area (Å²) in [5, 5.41) is 10.5. The van der Waals surface area contributed by atoms with Crippen molar-refractivity contribution in [3.63, 3.8) is 0 Å². The molecule has 0 bridgehead atoms. The summed E-state index contributed by atoms with van der Waals surface area (Å²) in [6.45, 7) is 3.16. The molecule has 156 valence electrons. The molecule has 2 aliphatic rings. The molecule has 7 nitrogen and oxygen atoms in total. The van der Waals surface area contributed by atoms with Gasteiger partial charge in [0, 0.05) is 36.4 Å². The van der Waals surface area contributed by atoms with Gasteiger partial charge in [-0.2, -0.15) is 4.31 Å². The number of aliphatic hydroxyl groups excluding tert-OH is 1. The van der Waals surface area contributed by atoms with Crippen LogP contribution in [0.4, 0.5) is 5.69 Å². The molecule has 2 aliphatic heterocycles. The van der Waals surface area contributed by atoms with Crippen LogP contribution in [0.2, 0.25) is 0 Å². The van der Waals surface area contributed by atoms with E-state index in [-0.39, 0.29) is 10.9 Å². The Morgan fingerprint density at radius 2 is 1.86 bits per heavy atom. The number of fused-ring (bicyclic) bond motifs is 1. The van der Waals surface area contributed by atoms with Crippen molar-refractivity contribution in [3.8, 4) is 5.75 Å². The summed E-state index contributed by atoms with van der Waals surface area (Å²) in [6, 6.07) is 12.5. The molecule has 1 fully saturated rings. The molecule has 2 aromatic carbocycles. The van der Waals surface area contributed by atoms with E-state index < -0.39 is 16.4 Å². The van der Waals surface area contributed by atoms with Crippen LogP contribution in [-0.2, 0) is 21.4 Å². The molecular weight excluding hydrogens is 392 g/mol. The zero-order valence-electron chi connectivity index (χ0n) is 16.6. The molecule has 2 heterocycles. The lowest BCUT2D eigenvalue weighted by atomic mass is 9.99. The van der Waals surface area contributed by atoms with E-state index in [0.717, 1.165) is 16.8 Å². The normalized spacial score (nSPS) is 21.1. The lowest BCUT2D eigenvalue weighted by molar-refractivity contribution is -0.121. The average molecular weight is 419 g/mol. The van der Waals surface area contributed by atoms with E-state index >= 15 is 0 Å². The van der Waals surface area contributed by atoms with Crippen LogP contribution in [0.25, 0.3) is 0 Å². The fourth-order valence-electron chi connectivity index (χ4n) is 4.20. The van der Waals surface area contributed by atoms with E-state index in [0.29, 0.717) is 38.3 Å². The van der Waals surface area contributed by atoms with Gasteiger partial charge in [-0.15, -0.1) is 0 Å². The molecule has 0 amide bonds. The molecule has 0 aliphatic carbocycles. The second kappa shape index (κ2) is 7.95. The minimum absolute atomic E-state index is 0.00177. The summed E-state index contributed by atoms with van der Waals surface area (Å²) in [5.74, 6) is 0.515. The zero-order chi connectivity index (χ0) is 20.6. The van der Waals surface area contributed by atoms with Crippen LogP contribution < -0.4 is 9.64 Å². The number of aryl methyl sites for hydroxylation is 1. The summed E-state index contributed by atoms with van der Waals surface area (Å²) >= 11 is 0. The first-order valence-corrected chi connectivity index (χ1v) is 11.2. The highest BCUT2D eigenvalue weighted by atomic mass is 32.2. The molecular formula is C21H26N2O5S. The standard InChI is InChI=1S/C21H26N2O5S/c1-15-5-3-6-16-14-28-21(24)23(20(15)16)17-9-11-22(12-10-17)29(25,26)19-8-4-7-18(13-19)27-2/h3-8,13,17,21,24H,9-12,14H2,1-2H3. The van der Waals surface area contributed by atoms with Crippen molar-refractivity contribution in [2.75, 3.05) is 25.1 Å². The highest BCUT2D eigenvalue weighted by Gasteiger charge is 2.37. The molecule has 0 spiro atoms. The van der Waals surface area contributed by atoms with Crippen molar-refractivity contribution in [2.24, 2.45) is 0 Å². The van der Waals surface area contributed by atoms with Gasteiger partial charge >= 0.3 is 0 Å². The number of methoxy groups -OCH3 is 1. The van der Waals surface area contributed by atoms with Crippen molar-refractivity contribution in [3.05, 3.63) is 53.6 Å². The Labute approximate surface area is 171 Å². The second-order valence-electron chi connectivity index (χ2n) is 7.44. The number of aliphatic hydroxyl groups is 1. The molecule has 0 radical (unpaired) electrons. The molecule has 1 atom stereocenters. The van der Waals surface area contributed by atoms with Gasteiger partial charge in [-0.3, -0.25) is 0 Å². The van der Waals surface area contributed by atoms with Crippen molar-refractivity contribution < 1.29 is 23.0 Å². The topological polar surface area (TPSA) is 79.3 Å². The Morgan fingerprint density at radius 1 is 1.14 bits per heavy atom. The Bertz CT molecular complexity index is 986. The van der Waals surface area contributed by atoms with Crippen LogP contribution in [0, 0.1) is 6.92 Å². The monoisotopic (exact) mass is 418 g/mol. The van der Waals surface area contributed by atoms with E-state index in [4.69, 9.17) is 9.47 Å². The van der Waals surface area contributed by atoms with Crippen LogP contribution in [-0.4, -0.2) is 50.5 Å². The van der Waals surface area contributed by atoms with Crippen molar-refractivity contribution in [1.82, 2.24) is 4.31 Å². The molecule has 8 heteroatoms. The number of hydrogen-bond acceptors (Lipinski definition) is 6. The molecule has 1 N–H and O–H groups in total. The third-order valence-electron chi connectivity index (χ3n) is 5.70. The molecule has 2 aromatic rings. The number of hydrogen-bond donors (Lipinski definition) is 1. The minimum Gasteiger partial charge on any atom is -0.497 e. The van der Waals surface area contributed by atoms with Crippen LogP contribution in [0.5, 0.6) is 5.75 Å². The van der Waals surface area contributed by atoms with Crippen molar-refractivity contribution >= 4 is 15.7 Å². The highest BCUT2D eigenvalue weighted by Crippen LogP contribution is 2.36. The van der Waals surface area contributed by atoms with Crippen LogP contribution in [0.15, 0.2) is 47.4 Å². The number of nitrogens with zero attached hydrogens (tertiary/aromatic N) is 2. The SMILES string of the molecule is COc1cccc(S(=O)(=O)N2CCC(N3c4c(C)cccc4COC3O)CC2)c1. The van der Waals surface area contributed by atoms with Crippen LogP contribution in [0.3, 0.4) is 0 Å².